The van der Waals surface area contributed by atoms with Crippen molar-refractivity contribution in [1.82, 2.24) is 0 Å². The van der Waals surface area contributed by atoms with E-state index < -0.39 is 10.0 Å². The molecule has 0 amide bonds. The molecule has 0 heterocycles. The van der Waals surface area contributed by atoms with Crippen LogP contribution in [0.1, 0.15) is 11.1 Å². The topological polar surface area (TPSA) is 69.4 Å². The minimum atomic E-state index is -3.51. The lowest BCUT2D eigenvalue weighted by Crippen LogP contribution is -2.15. The van der Waals surface area contributed by atoms with Crippen LogP contribution in [0, 0.1) is 6.92 Å². The first kappa shape index (κ1) is 11.0. The van der Waals surface area contributed by atoms with Crippen LogP contribution in [-0.2, 0) is 15.8 Å². The van der Waals surface area contributed by atoms with E-state index in [-0.39, 0.29) is 5.75 Å². The highest BCUT2D eigenvalue weighted by Gasteiger charge is 2.11. The second-order valence-corrected chi connectivity index (χ2v) is 4.69. The Morgan fingerprint density at radius 3 is 2.57 bits per heavy atom. The van der Waals surface area contributed by atoms with Crippen LogP contribution in [0.3, 0.4) is 0 Å². The third kappa shape index (κ3) is 2.71. The van der Waals surface area contributed by atoms with Crippen molar-refractivity contribution in [1.29, 1.82) is 0 Å². The Morgan fingerprint density at radius 1 is 1.43 bits per heavy atom. The van der Waals surface area contributed by atoms with Gasteiger partial charge in [0.15, 0.2) is 0 Å². The van der Waals surface area contributed by atoms with Gasteiger partial charge in [0.1, 0.15) is 5.75 Å². The largest absolute Gasteiger partial charge is 0.496 e. The molecule has 0 atom stereocenters. The van der Waals surface area contributed by atoms with E-state index in [0.29, 0.717) is 11.3 Å². The molecule has 14 heavy (non-hydrogen) atoms. The maximum absolute atomic E-state index is 10.9. The summed E-state index contributed by atoms with van der Waals surface area (Å²) >= 11 is 0. The predicted molar refractivity (Wildman–Crippen MR) is 54.5 cm³/mol. The Balaban J connectivity index is 3.15. The molecule has 5 heteroatoms. The number of primary sulfonamides is 1. The van der Waals surface area contributed by atoms with Gasteiger partial charge in [-0.05, 0) is 12.5 Å². The van der Waals surface area contributed by atoms with E-state index in [1.165, 1.54) is 7.11 Å². The zero-order valence-electron chi connectivity index (χ0n) is 8.15. The molecule has 0 unspecified atom stereocenters. The molecule has 0 saturated carbocycles. The number of benzene rings is 1. The smallest absolute Gasteiger partial charge is 0.213 e. The van der Waals surface area contributed by atoms with Crippen LogP contribution in [0.15, 0.2) is 18.2 Å². The van der Waals surface area contributed by atoms with E-state index in [1.54, 1.807) is 12.1 Å². The fraction of sp³-hybridized carbons (Fsp3) is 0.333. The number of methoxy groups -OCH3 is 1. The van der Waals surface area contributed by atoms with E-state index in [4.69, 9.17) is 9.88 Å². The van der Waals surface area contributed by atoms with Crippen LogP contribution in [0.4, 0.5) is 0 Å². The second-order valence-electron chi connectivity index (χ2n) is 3.07. The lowest BCUT2D eigenvalue weighted by Gasteiger charge is -2.09. The molecule has 0 bridgehead atoms. The van der Waals surface area contributed by atoms with Crippen molar-refractivity contribution < 1.29 is 13.2 Å². The van der Waals surface area contributed by atoms with Gasteiger partial charge in [-0.15, -0.1) is 0 Å². The summed E-state index contributed by atoms with van der Waals surface area (Å²) in [5.41, 5.74) is 1.49. The van der Waals surface area contributed by atoms with E-state index in [9.17, 15) is 8.42 Å². The van der Waals surface area contributed by atoms with Crippen molar-refractivity contribution >= 4 is 10.0 Å². The number of hydrogen-bond donors (Lipinski definition) is 1. The first-order chi connectivity index (χ1) is 6.44. The molecule has 0 aromatic heterocycles. The van der Waals surface area contributed by atoms with Gasteiger partial charge in [0, 0.05) is 5.56 Å². The quantitative estimate of drug-likeness (QED) is 0.810. The Morgan fingerprint density at radius 2 is 2.07 bits per heavy atom. The summed E-state index contributed by atoms with van der Waals surface area (Å²) in [6.07, 6.45) is 0. The molecule has 78 valence electrons. The predicted octanol–water partition coefficient (Wildman–Crippen LogP) is 0.792. The lowest BCUT2D eigenvalue weighted by molar-refractivity contribution is 0.408. The molecule has 0 aliphatic carbocycles. The molecule has 0 saturated heterocycles. The fourth-order valence-electron chi connectivity index (χ4n) is 1.34. The van der Waals surface area contributed by atoms with Crippen LogP contribution >= 0.6 is 0 Å². The van der Waals surface area contributed by atoms with Crippen LogP contribution in [0.5, 0.6) is 5.75 Å². The number of sulfonamides is 1. The Kier molecular flexibility index (Phi) is 3.13. The van der Waals surface area contributed by atoms with Gasteiger partial charge in [-0.3, -0.25) is 0 Å². The maximum Gasteiger partial charge on any atom is 0.213 e. The van der Waals surface area contributed by atoms with Gasteiger partial charge < -0.3 is 4.74 Å². The van der Waals surface area contributed by atoms with Crippen LogP contribution in [-0.4, -0.2) is 15.5 Å². The minimum Gasteiger partial charge on any atom is -0.496 e. The van der Waals surface area contributed by atoms with Crippen molar-refractivity contribution in [3.8, 4) is 5.75 Å². The normalized spacial score (nSPS) is 11.4. The SMILES string of the molecule is COc1c(C)cccc1CS(N)(=O)=O. The molecule has 1 aromatic carbocycles. The van der Waals surface area contributed by atoms with E-state index in [2.05, 4.69) is 0 Å². The number of para-hydroxylation sites is 1. The molecular formula is C9H13NO3S. The molecule has 0 fully saturated rings. The van der Waals surface area contributed by atoms with Gasteiger partial charge in [-0.25, -0.2) is 13.6 Å². The zero-order chi connectivity index (χ0) is 10.8. The van der Waals surface area contributed by atoms with Gasteiger partial charge >= 0.3 is 0 Å². The fourth-order valence-corrected chi connectivity index (χ4v) is 2.00. The molecule has 0 aliphatic heterocycles. The van der Waals surface area contributed by atoms with Crippen LogP contribution < -0.4 is 9.88 Å². The van der Waals surface area contributed by atoms with Gasteiger partial charge in [0.05, 0.1) is 12.9 Å². The van der Waals surface area contributed by atoms with Gasteiger partial charge in [0.25, 0.3) is 0 Å². The van der Waals surface area contributed by atoms with Crippen molar-refractivity contribution in [3.63, 3.8) is 0 Å². The summed E-state index contributed by atoms with van der Waals surface area (Å²) in [6.45, 7) is 1.85. The highest BCUT2D eigenvalue weighted by Crippen LogP contribution is 2.23. The molecule has 4 nitrogen and oxygen atoms in total. The second kappa shape index (κ2) is 3.98. The zero-order valence-corrected chi connectivity index (χ0v) is 8.97. The number of hydrogen-bond acceptors (Lipinski definition) is 3. The third-order valence-corrected chi connectivity index (χ3v) is 2.57. The Bertz CT molecular complexity index is 426. The van der Waals surface area contributed by atoms with Crippen molar-refractivity contribution in [3.05, 3.63) is 29.3 Å². The Labute approximate surface area is 83.7 Å². The average molecular weight is 215 g/mol. The van der Waals surface area contributed by atoms with Gasteiger partial charge in [0.2, 0.25) is 10.0 Å². The lowest BCUT2D eigenvalue weighted by atomic mass is 10.1. The van der Waals surface area contributed by atoms with Gasteiger partial charge in [-0.2, -0.15) is 0 Å². The number of aryl methyl sites for hydroxylation is 1. The van der Waals surface area contributed by atoms with Gasteiger partial charge in [-0.1, -0.05) is 18.2 Å². The van der Waals surface area contributed by atoms with E-state index in [1.807, 2.05) is 13.0 Å². The number of rotatable bonds is 3. The minimum absolute atomic E-state index is 0.197. The summed E-state index contributed by atoms with van der Waals surface area (Å²) in [5, 5.41) is 4.96. The summed E-state index contributed by atoms with van der Waals surface area (Å²) in [7, 11) is -2.00. The first-order valence-electron chi connectivity index (χ1n) is 4.07. The standard InChI is InChI=1S/C9H13NO3S/c1-7-4-3-5-8(9(7)13-2)6-14(10,11)12/h3-5H,6H2,1-2H3,(H2,10,11,12). The highest BCUT2D eigenvalue weighted by molar-refractivity contribution is 7.88. The van der Waals surface area contributed by atoms with Crippen LogP contribution in [0.2, 0.25) is 0 Å². The molecule has 0 spiro atoms. The summed E-state index contributed by atoms with van der Waals surface area (Å²) in [6, 6.07) is 5.32. The number of ether oxygens (including phenoxy) is 1. The third-order valence-electron chi connectivity index (χ3n) is 1.85. The highest BCUT2D eigenvalue weighted by atomic mass is 32.2. The molecule has 0 aliphatic rings. The Hall–Kier alpha value is -1.07. The van der Waals surface area contributed by atoms with Crippen molar-refractivity contribution in [2.24, 2.45) is 5.14 Å². The molecule has 1 rings (SSSR count). The monoisotopic (exact) mass is 215 g/mol. The molecule has 2 N–H and O–H groups in total. The summed E-state index contributed by atoms with van der Waals surface area (Å²) in [5.74, 6) is 0.388. The van der Waals surface area contributed by atoms with Crippen molar-refractivity contribution in [2.45, 2.75) is 12.7 Å². The first-order valence-corrected chi connectivity index (χ1v) is 5.78. The summed E-state index contributed by atoms with van der Waals surface area (Å²) < 4.78 is 26.9. The summed E-state index contributed by atoms with van der Waals surface area (Å²) in [4.78, 5) is 0. The van der Waals surface area contributed by atoms with Crippen molar-refractivity contribution in [2.75, 3.05) is 7.11 Å². The molecule has 0 radical (unpaired) electrons. The van der Waals surface area contributed by atoms with E-state index in [0.717, 1.165) is 5.56 Å². The van der Waals surface area contributed by atoms with Crippen LogP contribution in [0.25, 0.3) is 0 Å². The average Bonchev–Trinajstić information content (AvgIpc) is 2.01. The molecular weight excluding hydrogens is 202 g/mol. The molecule has 1 aromatic rings. The maximum atomic E-state index is 10.9. The number of nitrogens with two attached hydrogens (primary N) is 1. The van der Waals surface area contributed by atoms with E-state index >= 15 is 0 Å².